The number of carbonyl (C=O) groups excluding carboxylic acids is 1. The van der Waals surface area contributed by atoms with Gasteiger partial charge in [-0.15, -0.1) is 4.91 Å². The smallest absolute Gasteiger partial charge is 0.295 e. The molecule has 0 spiro atoms. The lowest BCUT2D eigenvalue weighted by molar-refractivity contribution is -0.384. The minimum absolute atomic E-state index is 0.00779. The summed E-state index contributed by atoms with van der Waals surface area (Å²) in [4.78, 5) is 42.1. The van der Waals surface area contributed by atoms with Crippen molar-refractivity contribution in [1.29, 1.82) is 0 Å². The summed E-state index contributed by atoms with van der Waals surface area (Å²) in [6.07, 6.45) is 4.25. The Labute approximate surface area is 237 Å². The Morgan fingerprint density at radius 3 is 2.74 bits per heavy atom. The van der Waals surface area contributed by atoms with Gasteiger partial charge in [-0.1, -0.05) is 0 Å². The fourth-order valence-electron chi connectivity index (χ4n) is 4.49. The highest BCUT2D eigenvalue weighted by Crippen LogP contribution is 2.33. The number of nitroso groups, excluding NO2 is 1. The van der Waals surface area contributed by atoms with Gasteiger partial charge in [0, 0.05) is 43.5 Å². The molecule has 42 heavy (non-hydrogen) atoms. The molecule has 0 unspecified atom stereocenters. The summed E-state index contributed by atoms with van der Waals surface area (Å²) in [5.74, 6) is -2.07. The van der Waals surface area contributed by atoms with Crippen molar-refractivity contribution in [3.63, 3.8) is 0 Å². The number of benzene rings is 2. The SMILES string of the molecule is O=NN(CC1CCOCC1)c1ccc(S(=O)(=O)NC(=O)c2ccc(F)cc2Oc2cnc3[nH]ccc3c2)cc1[N+](=O)[O-]. The van der Waals surface area contributed by atoms with Crippen LogP contribution in [-0.4, -0.2) is 49.0 Å². The van der Waals surface area contributed by atoms with Gasteiger partial charge in [-0.25, -0.2) is 27.5 Å². The molecule has 1 fully saturated rings. The fourth-order valence-corrected chi connectivity index (χ4v) is 5.48. The van der Waals surface area contributed by atoms with Gasteiger partial charge < -0.3 is 14.5 Å². The summed E-state index contributed by atoms with van der Waals surface area (Å²) in [5.41, 5.74) is -0.654. The van der Waals surface area contributed by atoms with Gasteiger partial charge in [-0.05, 0) is 55.2 Å². The molecule has 16 heteroatoms. The van der Waals surface area contributed by atoms with Gasteiger partial charge in [0.15, 0.2) is 0 Å². The monoisotopic (exact) mass is 598 g/mol. The quantitative estimate of drug-likeness (QED) is 0.150. The molecule has 14 nitrogen and oxygen atoms in total. The topological polar surface area (TPSA) is 186 Å². The van der Waals surface area contributed by atoms with Gasteiger partial charge in [0.1, 0.15) is 28.7 Å². The zero-order valence-electron chi connectivity index (χ0n) is 21.7. The molecule has 0 saturated carbocycles. The van der Waals surface area contributed by atoms with Crippen molar-refractivity contribution in [2.45, 2.75) is 17.7 Å². The van der Waals surface area contributed by atoms with Crippen LogP contribution < -0.4 is 14.5 Å². The predicted octanol–water partition coefficient (Wildman–Crippen LogP) is 4.44. The Kier molecular flexibility index (Phi) is 8.08. The lowest BCUT2D eigenvalue weighted by Gasteiger charge is -2.25. The van der Waals surface area contributed by atoms with Crippen molar-refractivity contribution in [2.75, 3.05) is 24.8 Å². The van der Waals surface area contributed by atoms with Crippen LogP contribution in [0.3, 0.4) is 0 Å². The number of H-pyrrole nitrogens is 1. The number of nitro benzene ring substituents is 1. The first-order valence-corrected chi connectivity index (χ1v) is 14.1. The van der Waals surface area contributed by atoms with E-state index in [1.165, 1.54) is 6.20 Å². The van der Waals surface area contributed by atoms with Crippen molar-refractivity contribution >= 4 is 38.3 Å². The molecule has 0 bridgehead atoms. The van der Waals surface area contributed by atoms with E-state index in [0.29, 0.717) is 37.1 Å². The summed E-state index contributed by atoms with van der Waals surface area (Å²) < 4.78 is 53.1. The number of nitrogens with zero attached hydrogens (tertiary/aromatic N) is 4. The van der Waals surface area contributed by atoms with Gasteiger partial charge in [0.05, 0.1) is 26.9 Å². The minimum Gasteiger partial charge on any atom is -0.455 e. The van der Waals surface area contributed by atoms with Crippen LogP contribution in [0.25, 0.3) is 11.0 Å². The number of aromatic nitrogens is 2. The van der Waals surface area contributed by atoms with E-state index < -0.39 is 37.3 Å². The molecular weight excluding hydrogens is 575 g/mol. The lowest BCUT2D eigenvalue weighted by Crippen LogP contribution is -2.31. The third-order valence-corrected chi connectivity index (χ3v) is 7.95. The Morgan fingerprint density at radius 2 is 2.00 bits per heavy atom. The standard InChI is InChI=1S/C26H23FN6O8S/c27-18-1-3-21(24(12-18)41-19-11-17-5-8-28-25(17)29-14-19)26(34)30-42(38,39)20-2-4-22(23(13-20)33(36)37)32(31-35)15-16-6-9-40-10-7-16/h1-5,8,11-14,16H,6-7,9-10,15H2,(H,28,29)(H,30,34). The first-order chi connectivity index (χ1) is 20.1. The average molecular weight is 599 g/mol. The second kappa shape index (κ2) is 11.9. The van der Waals surface area contributed by atoms with Crippen LogP contribution in [-0.2, 0) is 14.8 Å². The normalized spacial score (nSPS) is 13.9. The van der Waals surface area contributed by atoms with Crippen LogP contribution in [0.15, 0.2) is 71.1 Å². The molecule has 2 aromatic carbocycles. The average Bonchev–Trinajstić information content (AvgIpc) is 3.44. The molecular formula is C26H23FN6O8S. The molecule has 1 saturated heterocycles. The summed E-state index contributed by atoms with van der Waals surface area (Å²) in [6, 6.07) is 9.01. The maximum atomic E-state index is 14.1. The lowest BCUT2D eigenvalue weighted by atomic mass is 10.00. The summed E-state index contributed by atoms with van der Waals surface area (Å²) in [6.45, 7) is 1.04. The number of nitro groups is 1. The molecule has 3 heterocycles. The van der Waals surface area contributed by atoms with Crippen molar-refractivity contribution < 1.29 is 32.0 Å². The molecule has 2 N–H and O–H groups in total. The van der Waals surface area contributed by atoms with Gasteiger partial charge in [0.2, 0.25) is 0 Å². The highest BCUT2D eigenvalue weighted by molar-refractivity contribution is 7.90. The molecule has 0 radical (unpaired) electrons. The Bertz CT molecular complexity index is 1770. The van der Waals surface area contributed by atoms with Crippen LogP contribution in [0.5, 0.6) is 11.5 Å². The van der Waals surface area contributed by atoms with E-state index in [4.69, 9.17) is 9.47 Å². The molecule has 4 aromatic rings. The van der Waals surface area contributed by atoms with Crippen LogP contribution in [0.2, 0.25) is 0 Å². The van der Waals surface area contributed by atoms with E-state index in [9.17, 15) is 32.6 Å². The number of carbonyl (C=O) groups is 1. The molecule has 1 aliphatic rings. The fraction of sp³-hybridized carbons (Fsp3) is 0.231. The molecule has 1 aliphatic heterocycles. The van der Waals surface area contributed by atoms with E-state index in [1.807, 2.05) is 4.72 Å². The van der Waals surface area contributed by atoms with E-state index >= 15 is 0 Å². The van der Waals surface area contributed by atoms with E-state index in [1.54, 1.807) is 18.3 Å². The van der Waals surface area contributed by atoms with Crippen LogP contribution in [0.4, 0.5) is 15.8 Å². The number of hydrogen-bond acceptors (Lipinski definition) is 10. The maximum Gasteiger partial charge on any atom is 0.295 e. The first-order valence-electron chi connectivity index (χ1n) is 12.6. The van der Waals surface area contributed by atoms with Gasteiger partial charge >= 0.3 is 0 Å². The first kappa shape index (κ1) is 28.6. The van der Waals surface area contributed by atoms with Crippen LogP contribution >= 0.6 is 0 Å². The van der Waals surface area contributed by atoms with Crippen molar-refractivity contribution in [3.8, 4) is 11.5 Å². The Hall–Kier alpha value is -4.96. The second-order valence-electron chi connectivity index (χ2n) is 9.39. The minimum atomic E-state index is -4.67. The van der Waals surface area contributed by atoms with Crippen molar-refractivity contribution in [1.82, 2.24) is 14.7 Å². The molecule has 218 valence electrons. The predicted molar refractivity (Wildman–Crippen MR) is 147 cm³/mol. The summed E-state index contributed by atoms with van der Waals surface area (Å²) >= 11 is 0. The third kappa shape index (κ3) is 6.18. The highest BCUT2D eigenvalue weighted by Gasteiger charge is 2.29. The number of halogens is 1. The van der Waals surface area contributed by atoms with Crippen molar-refractivity contribution in [2.24, 2.45) is 11.2 Å². The van der Waals surface area contributed by atoms with Gasteiger partial charge in [-0.2, -0.15) is 0 Å². The number of sulfonamides is 1. The van der Waals surface area contributed by atoms with E-state index in [2.05, 4.69) is 15.3 Å². The van der Waals surface area contributed by atoms with Crippen molar-refractivity contribution in [3.05, 3.63) is 87.3 Å². The highest BCUT2D eigenvalue weighted by atomic mass is 32.2. The maximum absolute atomic E-state index is 14.1. The van der Waals surface area contributed by atoms with Gasteiger partial charge in [-0.3, -0.25) is 14.9 Å². The molecule has 0 aliphatic carbocycles. The largest absolute Gasteiger partial charge is 0.455 e. The summed E-state index contributed by atoms with van der Waals surface area (Å²) in [7, 11) is -4.67. The number of rotatable bonds is 10. The number of amides is 1. The van der Waals surface area contributed by atoms with E-state index in [-0.39, 0.29) is 35.2 Å². The van der Waals surface area contributed by atoms with E-state index in [0.717, 1.165) is 41.4 Å². The number of ether oxygens (including phenoxy) is 2. The number of aromatic amines is 1. The van der Waals surface area contributed by atoms with Crippen LogP contribution in [0, 0.1) is 26.8 Å². The molecule has 5 rings (SSSR count). The molecule has 1 amide bonds. The summed E-state index contributed by atoms with van der Waals surface area (Å²) in [5, 5.41) is 16.3. The Morgan fingerprint density at radius 1 is 1.21 bits per heavy atom. The second-order valence-corrected chi connectivity index (χ2v) is 11.1. The number of anilines is 1. The van der Waals surface area contributed by atoms with Crippen LogP contribution in [0.1, 0.15) is 23.2 Å². The third-order valence-electron chi connectivity index (χ3n) is 6.62. The number of fused-ring (bicyclic) bond motifs is 1. The van der Waals surface area contributed by atoms with Gasteiger partial charge in [0.25, 0.3) is 21.6 Å². The Balaban J connectivity index is 1.39. The molecule has 0 atom stereocenters. The zero-order valence-corrected chi connectivity index (χ0v) is 22.5. The number of nitrogens with one attached hydrogen (secondary N) is 2. The molecule has 2 aromatic heterocycles. The zero-order chi connectivity index (χ0) is 29.9. The number of pyridine rings is 1. The number of hydrogen-bond donors (Lipinski definition) is 2.